The Hall–Kier alpha value is -4.91. The number of amides is 4. The number of carboxylic acids is 1. The molecule has 0 spiro atoms. The van der Waals surface area contributed by atoms with E-state index in [1.54, 1.807) is 54.6 Å². The molecule has 13 heteroatoms. The van der Waals surface area contributed by atoms with Gasteiger partial charge in [0.05, 0.1) is 29.7 Å². The van der Waals surface area contributed by atoms with Crippen LogP contribution in [0, 0.1) is 0 Å². The number of primary amides is 1. The summed E-state index contributed by atoms with van der Waals surface area (Å²) in [6.45, 7) is 0.145. The number of aliphatic hydroxyl groups excluding tert-OH is 1. The maximum atomic E-state index is 13.4. The average Bonchev–Trinajstić information content (AvgIpc) is 3.46. The molecule has 1 aromatic heterocycles. The first-order valence-electron chi connectivity index (χ1n) is 13.0. The number of aliphatic carboxylic acids is 1. The van der Waals surface area contributed by atoms with Gasteiger partial charge in [0.1, 0.15) is 17.8 Å². The molecule has 0 aliphatic carbocycles. The van der Waals surface area contributed by atoms with E-state index in [4.69, 9.17) is 5.73 Å². The topological polar surface area (TPSA) is 205 Å². The van der Waals surface area contributed by atoms with E-state index in [0.29, 0.717) is 23.0 Å². The lowest BCUT2D eigenvalue weighted by Gasteiger charge is -2.30. The van der Waals surface area contributed by atoms with Crippen LogP contribution in [-0.2, 0) is 25.6 Å². The van der Waals surface area contributed by atoms with Crippen molar-refractivity contribution in [3.8, 4) is 0 Å². The molecule has 2 unspecified atom stereocenters. The molecular formula is C28H30N6O7. The van der Waals surface area contributed by atoms with Crippen LogP contribution in [0.25, 0.3) is 11.0 Å². The maximum Gasteiger partial charge on any atom is 0.326 e. The first kappa shape index (κ1) is 29.1. The fourth-order valence-corrected chi connectivity index (χ4v) is 4.73. The molecule has 1 saturated heterocycles. The van der Waals surface area contributed by atoms with Gasteiger partial charge in [0.2, 0.25) is 11.8 Å². The van der Waals surface area contributed by atoms with Crippen molar-refractivity contribution in [3.05, 3.63) is 72.1 Å². The zero-order chi connectivity index (χ0) is 29.5. The number of nitrogens with two attached hydrogens (primary N) is 1. The first-order chi connectivity index (χ1) is 19.6. The molecule has 4 rings (SSSR count). The molecular weight excluding hydrogens is 532 g/mol. The number of carboxylic acid groups (broad SMARTS) is 1. The molecule has 2 heterocycles. The first-order valence-corrected chi connectivity index (χ1v) is 13.0. The number of hydrogen-bond donors (Lipinski definition) is 5. The largest absolute Gasteiger partial charge is 0.480 e. The van der Waals surface area contributed by atoms with Crippen LogP contribution in [0.15, 0.2) is 60.8 Å². The van der Waals surface area contributed by atoms with Gasteiger partial charge in [-0.15, -0.1) is 0 Å². The van der Waals surface area contributed by atoms with E-state index >= 15 is 0 Å². The fourth-order valence-electron chi connectivity index (χ4n) is 4.73. The Balaban J connectivity index is 1.55. The molecule has 1 fully saturated rings. The van der Waals surface area contributed by atoms with E-state index in [-0.39, 0.29) is 25.1 Å². The summed E-state index contributed by atoms with van der Waals surface area (Å²) in [7, 11) is 0. The van der Waals surface area contributed by atoms with Crippen molar-refractivity contribution in [3.63, 3.8) is 0 Å². The summed E-state index contributed by atoms with van der Waals surface area (Å²) in [5, 5.41) is 25.6. The predicted octanol–water partition coefficient (Wildman–Crippen LogP) is -0.232. The SMILES string of the molecule is NC(=O)C[C@H](NC(=O)c1cnc2ccccc2n1)C(=O)NC(Cc1ccccc1)C(O)C(=O)N1CCC[C@H]1C(=O)O. The zero-order valence-electron chi connectivity index (χ0n) is 22.0. The number of hydrogen-bond acceptors (Lipinski definition) is 8. The molecule has 3 aromatic rings. The van der Waals surface area contributed by atoms with E-state index in [1.165, 1.54) is 6.20 Å². The summed E-state index contributed by atoms with van der Waals surface area (Å²) in [5.41, 5.74) is 6.92. The Morgan fingerprint density at radius 3 is 2.37 bits per heavy atom. The third kappa shape index (κ3) is 7.19. The standard InChI is InChI=1S/C28H30N6O7/c29-23(35)14-20(33-26(38)21-15-30-17-9-4-5-10-18(17)31-21)25(37)32-19(13-16-7-2-1-3-8-16)24(36)27(39)34-12-6-11-22(34)28(40)41/h1-5,7-10,15,19-20,22,24,36H,6,11-14H2,(H2,29,35)(H,32,37)(H,33,38)(H,40,41)/t19?,20-,22-,24?/m0/s1. The van der Waals surface area contributed by atoms with Crippen molar-refractivity contribution in [2.75, 3.05) is 6.54 Å². The lowest BCUT2D eigenvalue weighted by atomic mass is 9.99. The van der Waals surface area contributed by atoms with Gasteiger partial charge in [-0.05, 0) is 37.0 Å². The maximum absolute atomic E-state index is 13.4. The van der Waals surface area contributed by atoms with Gasteiger partial charge in [0, 0.05) is 6.54 Å². The molecule has 4 amide bonds. The monoisotopic (exact) mass is 562 g/mol. The van der Waals surface area contributed by atoms with Gasteiger partial charge in [-0.1, -0.05) is 42.5 Å². The Kier molecular flexibility index (Phi) is 9.19. The summed E-state index contributed by atoms with van der Waals surface area (Å²) in [6, 6.07) is 11.8. The zero-order valence-corrected chi connectivity index (χ0v) is 22.0. The van der Waals surface area contributed by atoms with E-state index in [0.717, 1.165) is 4.90 Å². The second kappa shape index (κ2) is 13.0. The molecule has 0 saturated carbocycles. The number of nitrogens with zero attached hydrogens (tertiary/aromatic N) is 3. The van der Waals surface area contributed by atoms with Crippen LogP contribution in [0.4, 0.5) is 0 Å². The lowest BCUT2D eigenvalue weighted by molar-refractivity contribution is -0.153. The highest BCUT2D eigenvalue weighted by atomic mass is 16.4. The van der Waals surface area contributed by atoms with E-state index in [1.807, 2.05) is 0 Å². The van der Waals surface area contributed by atoms with Crippen LogP contribution in [0.5, 0.6) is 0 Å². The Bertz CT molecular complexity index is 1450. The van der Waals surface area contributed by atoms with Gasteiger partial charge in [0.15, 0.2) is 6.10 Å². The van der Waals surface area contributed by atoms with Crippen LogP contribution in [0.3, 0.4) is 0 Å². The van der Waals surface area contributed by atoms with Crippen LogP contribution >= 0.6 is 0 Å². The van der Waals surface area contributed by atoms with Gasteiger partial charge in [0.25, 0.3) is 11.8 Å². The van der Waals surface area contributed by atoms with Crippen molar-refractivity contribution in [1.82, 2.24) is 25.5 Å². The molecule has 1 aliphatic rings. The smallest absolute Gasteiger partial charge is 0.326 e. The minimum absolute atomic E-state index is 0.00153. The molecule has 2 aromatic carbocycles. The number of para-hydroxylation sites is 2. The number of carbonyl (C=O) groups is 5. The van der Waals surface area contributed by atoms with Crippen molar-refractivity contribution in [2.24, 2.45) is 5.73 Å². The van der Waals surface area contributed by atoms with Gasteiger partial charge in [-0.2, -0.15) is 0 Å². The third-order valence-electron chi connectivity index (χ3n) is 6.79. The number of likely N-dealkylation sites (tertiary alicyclic amines) is 1. The molecule has 6 N–H and O–H groups in total. The Labute approximate surface area is 234 Å². The number of aliphatic hydroxyl groups is 1. The molecule has 4 atom stereocenters. The summed E-state index contributed by atoms with van der Waals surface area (Å²) in [5.74, 6) is -4.59. The van der Waals surface area contributed by atoms with E-state index in [9.17, 15) is 34.2 Å². The van der Waals surface area contributed by atoms with Crippen LogP contribution in [-0.4, -0.2) is 85.5 Å². The van der Waals surface area contributed by atoms with Crippen LogP contribution in [0.1, 0.15) is 35.3 Å². The van der Waals surface area contributed by atoms with Crippen LogP contribution in [0.2, 0.25) is 0 Å². The molecule has 13 nitrogen and oxygen atoms in total. The number of aromatic nitrogens is 2. The van der Waals surface area contributed by atoms with Gasteiger partial charge in [-0.3, -0.25) is 24.2 Å². The highest BCUT2D eigenvalue weighted by molar-refractivity contribution is 5.98. The van der Waals surface area contributed by atoms with Gasteiger partial charge >= 0.3 is 5.97 Å². The van der Waals surface area contributed by atoms with Crippen LogP contribution < -0.4 is 16.4 Å². The normalized spacial score (nSPS) is 16.9. The van der Waals surface area contributed by atoms with Crippen molar-refractivity contribution < 1.29 is 34.2 Å². The van der Waals surface area contributed by atoms with E-state index in [2.05, 4.69) is 20.6 Å². The number of fused-ring (bicyclic) bond motifs is 1. The Morgan fingerprint density at radius 2 is 1.68 bits per heavy atom. The second-order valence-corrected chi connectivity index (χ2v) is 9.72. The van der Waals surface area contributed by atoms with E-state index < -0.39 is 60.2 Å². The Morgan fingerprint density at radius 1 is 1.00 bits per heavy atom. The van der Waals surface area contributed by atoms with Gasteiger partial charge < -0.3 is 31.5 Å². The molecule has 0 radical (unpaired) electrons. The predicted molar refractivity (Wildman–Crippen MR) is 145 cm³/mol. The minimum atomic E-state index is -1.81. The number of carbonyl (C=O) groups excluding carboxylic acids is 4. The summed E-state index contributed by atoms with van der Waals surface area (Å²) in [6.07, 6.45) is -0.460. The summed E-state index contributed by atoms with van der Waals surface area (Å²) < 4.78 is 0. The average molecular weight is 563 g/mol. The highest BCUT2D eigenvalue weighted by Crippen LogP contribution is 2.20. The lowest BCUT2D eigenvalue weighted by Crippen LogP contribution is -2.58. The minimum Gasteiger partial charge on any atom is -0.480 e. The molecule has 214 valence electrons. The molecule has 41 heavy (non-hydrogen) atoms. The van der Waals surface area contributed by atoms with Crippen molar-refractivity contribution >= 4 is 40.6 Å². The number of nitrogens with one attached hydrogen (secondary N) is 2. The fraction of sp³-hybridized carbons (Fsp3) is 0.321. The van der Waals surface area contributed by atoms with Crippen molar-refractivity contribution in [1.29, 1.82) is 0 Å². The molecule has 0 bridgehead atoms. The summed E-state index contributed by atoms with van der Waals surface area (Å²) >= 11 is 0. The summed E-state index contributed by atoms with van der Waals surface area (Å²) in [4.78, 5) is 72.5. The number of benzene rings is 2. The third-order valence-corrected chi connectivity index (χ3v) is 6.79. The second-order valence-electron chi connectivity index (χ2n) is 9.72. The van der Waals surface area contributed by atoms with Gasteiger partial charge in [-0.25, -0.2) is 9.78 Å². The molecule has 1 aliphatic heterocycles. The van der Waals surface area contributed by atoms with Crippen molar-refractivity contribution in [2.45, 2.75) is 49.9 Å². The highest BCUT2D eigenvalue weighted by Gasteiger charge is 2.40. The number of rotatable bonds is 11. The quantitative estimate of drug-likeness (QED) is 0.209.